The Morgan fingerprint density at radius 1 is 1.23 bits per heavy atom. The van der Waals surface area contributed by atoms with Crippen molar-refractivity contribution in [2.75, 3.05) is 6.54 Å². The summed E-state index contributed by atoms with van der Waals surface area (Å²) < 4.78 is 32.2. The standard InChI is InChI=1S/C15H15NO4S2/c17-12(14-10-11-4-1-2-5-13(11)20-14)7-8-16-22(18,19)15-6-3-9-21-15/h1-6,9-10,12,16-17H,7-8H2/t12-/m1/s1. The molecule has 3 aromatic rings. The van der Waals surface area contributed by atoms with Gasteiger partial charge in [-0.25, -0.2) is 13.1 Å². The molecule has 5 nitrogen and oxygen atoms in total. The van der Waals surface area contributed by atoms with E-state index in [4.69, 9.17) is 4.42 Å². The number of sulfonamides is 1. The lowest BCUT2D eigenvalue weighted by atomic mass is 10.2. The number of benzene rings is 1. The first-order chi connectivity index (χ1) is 10.6. The minimum atomic E-state index is -3.49. The second-order valence-corrected chi connectivity index (χ2v) is 7.76. The van der Waals surface area contributed by atoms with Gasteiger partial charge in [0.15, 0.2) is 0 Å². The Hall–Kier alpha value is -1.67. The zero-order valence-electron chi connectivity index (χ0n) is 11.6. The molecule has 0 aliphatic carbocycles. The van der Waals surface area contributed by atoms with Gasteiger partial charge in [0.2, 0.25) is 10.0 Å². The summed E-state index contributed by atoms with van der Waals surface area (Å²) in [4.78, 5) is 0. The molecule has 22 heavy (non-hydrogen) atoms. The molecule has 2 N–H and O–H groups in total. The average molecular weight is 337 g/mol. The number of fused-ring (bicyclic) bond motifs is 1. The molecular formula is C15H15NO4S2. The van der Waals surface area contributed by atoms with Gasteiger partial charge in [-0.3, -0.25) is 0 Å². The maximum absolute atomic E-state index is 11.9. The van der Waals surface area contributed by atoms with Crippen molar-refractivity contribution >= 4 is 32.3 Å². The molecule has 7 heteroatoms. The van der Waals surface area contributed by atoms with E-state index in [1.807, 2.05) is 24.3 Å². The highest BCUT2D eigenvalue weighted by atomic mass is 32.2. The number of para-hydroxylation sites is 1. The van der Waals surface area contributed by atoms with Crippen LogP contribution in [-0.2, 0) is 10.0 Å². The molecular weight excluding hydrogens is 322 g/mol. The first kappa shape index (κ1) is 15.2. The lowest BCUT2D eigenvalue weighted by Crippen LogP contribution is -2.25. The molecule has 0 amide bonds. The molecule has 1 aromatic carbocycles. The number of aliphatic hydroxyl groups excluding tert-OH is 1. The Morgan fingerprint density at radius 3 is 2.77 bits per heavy atom. The molecule has 2 aromatic heterocycles. The van der Waals surface area contributed by atoms with Crippen LogP contribution in [0.4, 0.5) is 0 Å². The number of nitrogens with one attached hydrogen (secondary N) is 1. The van der Waals surface area contributed by atoms with E-state index in [2.05, 4.69) is 4.72 Å². The van der Waals surface area contributed by atoms with Gasteiger partial charge in [-0.1, -0.05) is 24.3 Å². The van der Waals surface area contributed by atoms with E-state index in [0.29, 0.717) is 11.3 Å². The van der Waals surface area contributed by atoms with Gasteiger partial charge in [0.25, 0.3) is 0 Å². The molecule has 0 unspecified atom stereocenters. The maximum atomic E-state index is 11.9. The molecule has 0 bridgehead atoms. The molecule has 3 rings (SSSR count). The smallest absolute Gasteiger partial charge is 0.250 e. The summed E-state index contributed by atoms with van der Waals surface area (Å²) in [6.45, 7) is 0.137. The van der Waals surface area contributed by atoms with Crippen molar-refractivity contribution in [1.82, 2.24) is 4.72 Å². The third-order valence-corrected chi connectivity index (χ3v) is 6.10. The Bertz CT molecular complexity index is 820. The molecule has 0 spiro atoms. The van der Waals surface area contributed by atoms with E-state index in [-0.39, 0.29) is 17.2 Å². The van der Waals surface area contributed by atoms with Crippen molar-refractivity contribution in [3.8, 4) is 0 Å². The molecule has 116 valence electrons. The number of rotatable bonds is 6. The van der Waals surface area contributed by atoms with E-state index in [1.165, 1.54) is 0 Å². The predicted octanol–water partition coefficient (Wildman–Crippen LogP) is 2.90. The van der Waals surface area contributed by atoms with Gasteiger partial charge >= 0.3 is 0 Å². The Morgan fingerprint density at radius 2 is 2.05 bits per heavy atom. The van der Waals surface area contributed by atoms with Crippen molar-refractivity contribution in [3.05, 3.63) is 53.6 Å². The first-order valence-corrected chi connectivity index (χ1v) is 9.12. The van der Waals surface area contributed by atoms with Crippen LogP contribution in [0.5, 0.6) is 0 Å². The third kappa shape index (κ3) is 3.22. The summed E-state index contributed by atoms with van der Waals surface area (Å²) in [5.41, 5.74) is 0.704. The average Bonchev–Trinajstić information content (AvgIpc) is 3.16. The Labute approximate surface area is 132 Å². The SMILES string of the molecule is O=S(=O)(NCC[C@@H](O)c1cc2ccccc2o1)c1cccs1. The minimum absolute atomic E-state index is 0.137. The summed E-state index contributed by atoms with van der Waals surface area (Å²) in [5, 5.41) is 12.7. The third-order valence-electron chi connectivity index (χ3n) is 3.24. The van der Waals surface area contributed by atoms with Crippen LogP contribution in [-0.4, -0.2) is 20.1 Å². The number of hydrogen-bond donors (Lipinski definition) is 2. The first-order valence-electron chi connectivity index (χ1n) is 6.76. The van der Waals surface area contributed by atoms with Crippen LogP contribution in [0.3, 0.4) is 0 Å². The lowest BCUT2D eigenvalue weighted by molar-refractivity contribution is 0.144. The normalized spacial score (nSPS) is 13.5. The van der Waals surface area contributed by atoms with E-state index < -0.39 is 16.1 Å². The summed E-state index contributed by atoms with van der Waals surface area (Å²) >= 11 is 1.16. The second-order valence-electron chi connectivity index (χ2n) is 4.82. The fourth-order valence-corrected chi connectivity index (χ4v) is 4.21. The van der Waals surface area contributed by atoms with Gasteiger partial charge in [0.1, 0.15) is 21.7 Å². The number of furan rings is 1. The molecule has 0 aliphatic heterocycles. The number of thiophene rings is 1. The quantitative estimate of drug-likeness (QED) is 0.725. The molecule has 0 aliphatic rings. The Balaban J connectivity index is 1.61. The number of hydrogen-bond acceptors (Lipinski definition) is 5. The van der Waals surface area contributed by atoms with Gasteiger partial charge in [0, 0.05) is 11.9 Å². The highest BCUT2D eigenvalue weighted by Gasteiger charge is 2.17. The lowest BCUT2D eigenvalue weighted by Gasteiger charge is -2.08. The molecule has 2 heterocycles. The largest absolute Gasteiger partial charge is 0.458 e. The summed E-state index contributed by atoms with van der Waals surface area (Å²) in [6, 6.07) is 12.5. The van der Waals surface area contributed by atoms with Gasteiger partial charge < -0.3 is 9.52 Å². The van der Waals surface area contributed by atoms with Crippen LogP contribution in [0, 0.1) is 0 Å². The number of aliphatic hydroxyl groups is 1. The van der Waals surface area contributed by atoms with Crippen LogP contribution < -0.4 is 4.72 Å². The van der Waals surface area contributed by atoms with Crippen LogP contribution in [0.25, 0.3) is 11.0 Å². The zero-order valence-corrected chi connectivity index (χ0v) is 13.2. The predicted molar refractivity (Wildman–Crippen MR) is 85.3 cm³/mol. The van der Waals surface area contributed by atoms with Gasteiger partial charge in [-0.05, 0) is 30.0 Å². The molecule has 0 saturated carbocycles. The summed E-state index contributed by atoms with van der Waals surface area (Å²) in [7, 11) is -3.49. The highest BCUT2D eigenvalue weighted by molar-refractivity contribution is 7.91. The van der Waals surface area contributed by atoms with Gasteiger partial charge in [0.05, 0.1) is 0 Å². The summed E-state index contributed by atoms with van der Waals surface area (Å²) in [6.07, 6.45) is -0.608. The maximum Gasteiger partial charge on any atom is 0.250 e. The van der Waals surface area contributed by atoms with Crippen molar-refractivity contribution in [2.24, 2.45) is 0 Å². The summed E-state index contributed by atoms with van der Waals surface area (Å²) in [5.74, 6) is 0.441. The van der Waals surface area contributed by atoms with Crippen LogP contribution in [0.1, 0.15) is 18.3 Å². The van der Waals surface area contributed by atoms with Crippen molar-refractivity contribution in [2.45, 2.75) is 16.7 Å². The second kappa shape index (κ2) is 6.21. The van der Waals surface area contributed by atoms with E-state index in [1.54, 1.807) is 23.6 Å². The van der Waals surface area contributed by atoms with E-state index in [0.717, 1.165) is 16.7 Å². The van der Waals surface area contributed by atoms with Crippen molar-refractivity contribution in [1.29, 1.82) is 0 Å². The Kier molecular flexibility index (Phi) is 4.30. The fourth-order valence-electron chi connectivity index (χ4n) is 2.13. The van der Waals surface area contributed by atoms with Crippen LogP contribution in [0.15, 0.2) is 56.5 Å². The molecule has 0 radical (unpaired) electrons. The van der Waals surface area contributed by atoms with E-state index >= 15 is 0 Å². The van der Waals surface area contributed by atoms with Gasteiger partial charge in [-0.15, -0.1) is 11.3 Å². The topological polar surface area (TPSA) is 79.5 Å². The molecule has 1 atom stereocenters. The van der Waals surface area contributed by atoms with Crippen molar-refractivity contribution in [3.63, 3.8) is 0 Å². The highest BCUT2D eigenvalue weighted by Crippen LogP contribution is 2.25. The van der Waals surface area contributed by atoms with Crippen molar-refractivity contribution < 1.29 is 17.9 Å². The van der Waals surface area contributed by atoms with E-state index in [9.17, 15) is 13.5 Å². The molecule has 0 saturated heterocycles. The zero-order chi connectivity index (χ0) is 15.6. The van der Waals surface area contributed by atoms with Gasteiger partial charge in [-0.2, -0.15) is 0 Å². The van der Waals surface area contributed by atoms with Crippen LogP contribution >= 0.6 is 11.3 Å². The van der Waals surface area contributed by atoms with Crippen LogP contribution in [0.2, 0.25) is 0 Å². The molecule has 0 fully saturated rings. The monoisotopic (exact) mass is 337 g/mol. The minimum Gasteiger partial charge on any atom is -0.458 e. The fraction of sp³-hybridized carbons (Fsp3) is 0.200.